The Morgan fingerprint density at radius 3 is 3.00 bits per heavy atom. The van der Waals surface area contributed by atoms with Crippen LogP contribution in [0.5, 0.6) is 5.75 Å². The highest BCUT2D eigenvalue weighted by Gasteiger charge is 2.16. The topological polar surface area (TPSA) is 9.23 Å². The zero-order valence-corrected chi connectivity index (χ0v) is 8.03. The molecule has 0 bridgehead atoms. The molecule has 12 heavy (non-hydrogen) atoms. The number of halogens is 2. The second kappa shape index (κ2) is 3.05. The Morgan fingerprint density at radius 1 is 1.42 bits per heavy atom. The van der Waals surface area contributed by atoms with Crippen molar-refractivity contribution < 1.29 is 9.13 Å². The van der Waals surface area contributed by atoms with Gasteiger partial charge in [0.1, 0.15) is 0 Å². The van der Waals surface area contributed by atoms with Gasteiger partial charge in [-0.3, -0.25) is 0 Å². The lowest BCUT2D eigenvalue weighted by Gasteiger charge is -2.18. The predicted molar refractivity (Wildman–Crippen MR) is 47.9 cm³/mol. The molecule has 64 valence electrons. The van der Waals surface area contributed by atoms with E-state index < -0.39 is 0 Å². The molecule has 0 fully saturated rings. The van der Waals surface area contributed by atoms with E-state index in [4.69, 9.17) is 4.74 Å². The minimum Gasteiger partial charge on any atom is -0.490 e. The van der Waals surface area contributed by atoms with Crippen LogP contribution in [-0.4, -0.2) is 6.61 Å². The van der Waals surface area contributed by atoms with Crippen molar-refractivity contribution >= 4 is 15.9 Å². The number of ether oxygens (including phenoxy) is 1. The fraction of sp³-hybridized carbons (Fsp3) is 0.333. The van der Waals surface area contributed by atoms with Crippen molar-refractivity contribution in [2.24, 2.45) is 0 Å². The van der Waals surface area contributed by atoms with Crippen LogP contribution in [0, 0.1) is 5.82 Å². The smallest absolute Gasteiger partial charge is 0.165 e. The fourth-order valence-electron chi connectivity index (χ4n) is 1.39. The first kappa shape index (κ1) is 8.05. The van der Waals surface area contributed by atoms with Crippen molar-refractivity contribution in [1.82, 2.24) is 0 Å². The maximum Gasteiger partial charge on any atom is 0.165 e. The predicted octanol–water partition coefficient (Wildman–Crippen LogP) is 2.91. The average Bonchev–Trinajstić information content (AvgIpc) is 2.12. The quantitative estimate of drug-likeness (QED) is 0.667. The molecule has 1 aliphatic rings. The van der Waals surface area contributed by atoms with Crippen LogP contribution in [0.1, 0.15) is 12.0 Å². The Balaban J connectivity index is 2.57. The summed E-state index contributed by atoms with van der Waals surface area (Å²) in [6.07, 6.45) is 1.86. The monoisotopic (exact) mass is 230 g/mol. The third-order valence-electron chi connectivity index (χ3n) is 1.97. The second-order valence-electron chi connectivity index (χ2n) is 2.79. The van der Waals surface area contributed by atoms with Crippen LogP contribution in [0.25, 0.3) is 0 Å². The van der Waals surface area contributed by atoms with Gasteiger partial charge in [-0.15, -0.1) is 0 Å². The fourth-order valence-corrected chi connectivity index (χ4v) is 1.90. The van der Waals surface area contributed by atoms with Gasteiger partial charge in [0.2, 0.25) is 0 Å². The van der Waals surface area contributed by atoms with Crippen molar-refractivity contribution in [3.05, 3.63) is 28.0 Å². The van der Waals surface area contributed by atoms with Gasteiger partial charge < -0.3 is 4.74 Å². The molecule has 1 aliphatic heterocycles. The molecule has 0 spiro atoms. The first-order valence-electron chi connectivity index (χ1n) is 3.89. The molecule has 1 heterocycles. The Hall–Kier alpha value is -0.570. The van der Waals surface area contributed by atoms with Gasteiger partial charge in [-0.05, 0) is 25.0 Å². The highest BCUT2D eigenvalue weighted by atomic mass is 79.9. The molecule has 0 atom stereocenters. The Morgan fingerprint density at radius 2 is 2.25 bits per heavy atom. The minimum atomic E-state index is -0.257. The molecule has 2 rings (SSSR count). The SMILES string of the molecule is Fc1ccc(Br)c2c1OCCC2. The van der Waals surface area contributed by atoms with E-state index in [1.54, 1.807) is 6.07 Å². The van der Waals surface area contributed by atoms with E-state index in [1.807, 2.05) is 0 Å². The van der Waals surface area contributed by atoms with Crippen LogP contribution in [0.3, 0.4) is 0 Å². The molecule has 0 unspecified atom stereocenters. The molecule has 0 radical (unpaired) electrons. The molecule has 1 aromatic carbocycles. The summed E-state index contributed by atoms with van der Waals surface area (Å²) in [5.41, 5.74) is 0.959. The van der Waals surface area contributed by atoms with E-state index in [-0.39, 0.29) is 5.82 Å². The molecule has 3 heteroatoms. The van der Waals surface area contributed by atoms with E-state index in [0.29, 0.717) is 12.4 Å². The van der Waals surface area contributed by atoms with E-state index in [2.05, 4.69) is 15.9 Å². The van der Waals surface area contributed by atoms with Crippen molar-refractivity contribution in [3.8, 4) is 5.75 Å². The summed E-state index contributed by atoms with van der Waals surface area (Å²) in [5.74, 6) is 0.170. The molecule has 1 nitrogen and oxygen atoms in total. The van der Waals surface area contributed by atoms with Gasteiger partial charge in [-0.2, -0.15) is 0 Å². The zero-order chi connectivity index (χ0) is 8.55. The zero-order valence-electron chi connectivity index (χ0n) is 6.44. The van der Waals surface area contributed by atoms with Crippen LogP contribution < -0.4 is 4.74 Å². The molecule has 0 amide bonds. The molecule has 0 aromatic heterocycles. The summed E-state index contributed by atoms with van der Waals surface area (Å²) in [5, 5.41) is 0. The summed E-state index contributed by atoms with van der Waals surface area (Å²) in [7, 11) is 0. The summed E-state index contributed by atoms with van der Waals surface area (Å²) in [6, 6.07) is 3.15. The number of benzene rings is 1. The number of hydrogen-bond acceptors (Lipinski definition) is 1. The summed E-state index contributed by atoms with van der Waals surface area (Å²) in [4.78, 5) is 0. The first-order valence-corrected chi connectivity index (χ1v) is 4.68. The normalized spacial score (nSPS) is 15.2. The average molecular weight is 231 g/mol. The van der Waals surface area contributed by atoms with Crippen molar-refractivity contribution in [2.75, 3.05) is 6.61 Å². The molecule has 0 saturated carbocycles. The van der Waals surface area contributed by atoms with Gasteiger partial charge in [-0.1, -0.05) is 15.9 Å². The maximum atomic E-state index is 13.1. The maximum absolute atomic E-state index is 13.1. The van der Waals surface area contributed by atoms with Crippen LogP contribution in [0.15, 0.2) is 16.6 Å². The summed E-state index contributed by atoms with van der Waals surface area (Å²) < 4.78 is 19.3. The minimum absolute atomic E-state index is 0.257. The highest BCUT2D eigenvalue weighted by Crippen LogP contribution is 2.33. The molecular weight excluding hydrogens is 223 g/mol. The van der Waals surface area contributed by atoms with Crippen LogP contribution in [-0.2, 0) is 6.42 Å². The Labute approximate surface area is 78.7 Å². The van der Waals surface area contributed by atoms with Crippen molar-refractivity contribution in [1.29, 1.82) is 0 Å². The summed E-state index contributed by atoms with van der Waals surface area (Å²) in [6.45, 7) is 0.625. The first-order chi connectivity index (χ1) is 5.79. The third-order valence-corrected chi connectivity index (χ3v) is 2.72. The second-order valence-corrected chi connectivity index (χ2v) is 3.64. The van der Waals surface area contributed by atoms with Crippen LogP contribution >= 0.6 is 15.9 Å². The number of fused-ring (bicyclic) bond motifs is 1. The van der Waals surface area contributed by atoms with Crippen LogP contribution in [0.2, 0.25) is 0 Å². The van der Waals surface area contributed by atoms with E-state index in [9.17, 15) is 4.39 Å². The molecule has 0 aliphatic carbocycles. The van der Waals surface area contributed by atoms with Gasteiger partial charge in [0.15, 0.2) is 11.6 Å². The molecule has 1 aromatic rings. The van der Waals surface area contributed by atoms with Crippen LogP contribution in [0.4, 0.5) is 4.39 Å². The lowest BCUT2D eigenvalue weighted by atomic mass is 10.1. The Bertz CT molecular complexity index is 281. The summed E-state index contributed by atoms with van der Waals surface area (Å²) >= 11 is 3.37. The van der Waals surface area contributed by atoms with Crippen molar-refractivity contribution in [3.63, 3.8) is 0 Å². The van der Waals surface area contributed by atoms with E-state index in [1.165, 1.54) is 6.07 Å². The number of rotatable bonds is 0. The van der Waals surface area contributed by atoms with E-state index >= 15 is 0 Å². The van der Waals surface area contributed by atoms with Gasteiger partial charge in [0.25, 0.3) is 0 Å². The molecule has 0 N–H and O–H groups in total. The van der Waals surface area contributed by atoms with Gasteiger partial charge in [-0.25, -0.2) is 4.39 Å². The highest BCUT2D eigenvalue weighted by molar-refractivity contribution is 9.10. The Kier molecular flexibility index (Phi) is 2.05. The van der Waals surface area contributed by atoms with Gasteiger partial charge >= 0.3 is 0 Å². The van der Waals surface area contributed by atoms with Gasteiger partial charge in [0.05, 0.1) is 6.61 Å². The lowest BCUT2D eigenvalue weighted by Crippen LogP contribution is -2.10. The largest absolute Gasteiger partial charge is 0.490 e. The number of hydrogen-bond donors (Lipinski definition) is 0. The molecule has 0 saturated heterocycles. The van der Waals surface area contributed by atoms with Gasteiger partial charge in [0, 0.05) is 10.0 Å². The molecular formula is C9H8BrFO. The van der Waals surface area contributed by atoms with E-state index in [0.717, 1.165) is 22.9 Å². The lowest BCUT2D eigenvalue weighted by molar-refractivity contribution is 0.272. The standard InChI is InChI=1S/C9H8BrFO/c10-7-3-4-8(11)9-6(7)2-1-5-12-9/h3-4H,1-2,5H2. The third kappa shape index (κ3) is 1.22. The van der Waals surface area contributed by atoms with Crippen molar-refractivity contribution in [2.45, 2.75) is 12.8 Å².